The number of carbonyl (C=O) groups excluding carboxylic acids is 2. The van der Waals surface area contributed by atoms with Crippen LogP contribution in [0.5, 0.6) is 0 Å². The lowest BCUT2D eigenvalue weighted by Gasteiger charge is -2.26. The highest BCUT2D eigenvalue weighted by atomic mass is 32.2. The van der Waals surface area contributed by atoms with Crippen molar-refractivity contribution in [1.29, 1.82) is 0 Å². The predicted octanol–water partition coefficient (Wildman–Crippen LogP) is 3.16. The van der Waals surface area contributed by atoms with Crippen LogP contribution in [0.4, 0.5) is 11.4 Å². The number of hydrogen-bond donors (Lipinski definition) is 1. The summed E-state index contributed by atoms with van der Waals surface area (Å²) in [6, 6.07) is 14.1. The molecule has 0 bridgehead atoms. The molecular weight excluding hydrogens is 414 g/mol. The molecule has 2 heterocycles. The van der Waals surface area contributed by atoms with Crippen molar-refractivity contribution in [1.82, 2.24) is 4.31 Å². The minimum Gasteiger partial charge on any atom is -0.325 e. The molecule has 164 valence electrons. The van der Waals surface area contributed by atoms with Crippen molar-refractivity contribution in [3.05, 3.63) is 54.1 Å². The fourth-order valence-corrected chi connectivity index (χ4v) is 5.67. The first kappa shape index (κ1) is 21.5. The zero-order valence-electron chi connectivity index (χ0n) is 17.6. The van der Waals surface area contributed by atoms with Gasteiger partial charge in [0.25, 0.3) is 0 Å². The maximum Gasteiger partial charge on any atom is 0.243 e. The monoisotopic (exact) mass is 441 g/mol. The molecular formula is C23H27N3O4S. The van der Waals surface area contributed by atoms with Gasteiger partial charge in [0.1, 0.15) is 0 Å². The molecule has 2 aromatic rings. The van der Waals surface area contributed by atoms with Crippen LogP contribution >= 0.6 is 0 Å². The molecule has 0 aliphatic carbocycles. The number of hydrogen-bond acceptors (Lipinski definition) is 4. The minimum atomic E-state index is -3.59. The molecule has 1 atom stereocenters. The Bertz CT molecular complexity index is 1080. The smallest absolute Gasteiger partial charge is 0.243 e. The number of piperidine rings is 1. The maximum absolute atomic E-state index is 13.0. The van der Waals surface area contributed by atoms with E-state index in [4.69, 9.17) is 0 Å². The predicted molar refractivity (Wildman–Crippen MR) is 119 cm³/mol. The molecule has 31 heavy (non-hydrogen) atoms. The van der Waals surface area contributed by atoms with Crippen LogP contribution in [0.15, 0.2) is 53.4 Å². The average Bonchev–Trinajstić information content (AvgIpc) is 3.18. The molecule has 7 nitrogen and oxygen atoms in total. The first-order valence-electron chi connectivity index (χ1n) is 10.6. The third kappa shape index (κ3) is 4.50. The lowest BCUT2D eigenvalue weighted by Crippen LogP contribution is -2.35. The van der Waals surface area contributed by atoms with Crippen LogP contribution < -0.4 is 10.2 Å². The van der Waals surface area contributed by atoms with Gasteiger partial charge in [0, 0.05) is 37.4 Å². The van der Waals surface area contributed by atoms with E-state index in [9.17, 15) is 18.0 Å². The fourth-order valence-electron chi connectivity index (χ4n) is 4.13. The highest BCUT2D eigenvalue weighted by Gasteiger charge is 2.35. The van der Waals surface area contributed by atoms with Gasteiger partial charge in [0.2, 0.25) is 21.8 Å². The van der Waals surface area contributed by atoms with E-state index in [-0.39, 0.29) is 23.1 Å². The zero-order valence-corrected chi connectivity index (χ0v) is 18.4. The van der Waals surface area contributed by atoms with Crippen LogP contribution in [0.25, 0.3) is 0 Å². The number of rotatable bonds is 5. The standard InChI is InChI=1S/C23H27N3O4S/c1-17-10-11-20(31(29,30)25-12-6-3-7-13-25)15-21(17)24-23(28)18-14-22(27)26(16-18)19-8-4-2-5-9-19/h2,4-5,8-11,15,18H,3,6-7,12-14,16H2,1H3,(H,24,28). The van der Waals surface area contributed by atoms with Gasteiger partial charge >= 0.3 is 0 Å². The van der Waals surface area contributed by atoms with Gasteiger partial charge in [-0.2, -0.15) is 4.31 Å². The Kier molecular flexibility index (Phi) is 6.11. The summed E-state index contributed by atoms with van der Waals surface area (Å²) in [5.74, 6) is -0.860. The summed E-state index contributed by atoms with van der Waals surface area (Å²) in [5.41, 5.74) is 2.01. The Morgan fingerprint density at radius 3 is 2.45 bits per heavy atom. The lowest BCUT2D eigenvalue weighted by atomic mass is 10.1. The highest BCUT2D eigenvalue weighted by Crippen LogP contribution is 2.28. The van der Waals surface area contributed by atoms with Crippen molar-refractivity contribution in [2.75, 3.05) is 29.9 Å². The number of para-hydroxylation sites is 1. The number of sulfonamides is 1. The van der Waals surface area contributed by atoms with E-state index in [0.717, 1.165) is 30.5 Å². The molecule has 2 amide bonds. The summed E-state index contributed by atoms with van der Waals surface area (Å²) in [6.45, 7) is 3.18. The van der Waals surface area contributed by atoms with E-state index in [1.807, 2.05) is 37.3 Å². The van der Waals surface area contributed by atoms with Crippen molar-refractivity contribution in [2.45, 2.75) is 37.5 Å². The quantitative estimate of drug-likeness (QED) is 0.772. The first-order chi connectivity index (χ1) is 14.9. The Hall–Kier alpha value is -2.71. The van der Waals surface area contributed by atoms with Crippen LogP contribution in [0.1, 0.15) is 31.2 Å². The molecule has 2 aromatic carbocycles. The topological polar surface area (TPSA) is 86.8 Å². The molecule has 2 aliphatic rings. The summed E-state index contributed by atoms with van der Waals surface area (Å²) in [4.78, 5) is 27.1. The van der Waals surface area contributed by atoms with E-state index in [1.165, 1.54) is 10.4 Å². The number of carbonyl (C=O) groups is 2. The number of aryl methyl sites for hydroxylation is 1. The average molecular weight is 442 g/mol. The molecule has 1 N–H and O–H groups in total. The summed E-state index contributed by atoms with van der Waals surface area (Å²) < 4.78 is 27.5. The van der Waals surface area contributed by atoms with E-state index in [2.05, 4.69) is 5.32 Å². The first-order valence-corrected chi connectivity index (χ1v) is 12.1. The van der Waals surface area contributed by atoms with E-state index >= 15 is 0 Å². The summed E-state index contributed by atoms with van der Waals surface area (Å²) in [7, 11) is -3.59. The third-order valence-electron chi connectivity index (χ3n) is 5.98. The second-order valence-electron chi connectivity index (χ2n) is 8.17. The normalized spacial score (nSPS) is 20.1. The van der Waals surface area contributed by atoms with Crippen molar-refractivity contribution < 1.29 is 18.0 Å². The molecule has 0 aromatic heterocycles. The molecule has 1 unspecified atom stereocenters. The maximum atomic E-state index is 13.0. The summed E-state index contributed by atoms with van der Waals surface area (Å²) in [6.07, 6.45) is 2.90. The Morgan fingerprint density at radius 1 is 1.03 bits per heavy atom. The highest BCUT2D eigenvalue weighted by molar-refractivity contribution is 7.89. The molecule has 0 saturated carbocycles. The molecule has 4 rings (SSSR count). The molecule has 2 saturated heterocycles. The Balaban J connectivity index is 1.50. The summed E-state index contributed by atoms with van der Waals surface area (Å²) >= 11 is 0. The van der Waals surface area contributed by atoms with Crippen molar-refractivity contribution in [3.8, 4) is 0 Å². The van der Waals surface area contributed by atoms with Gasteiger partial charge in [-0.25, -0.2) is 8.42 Å². The molecule has 0 spiro atoms. The van der Waals surface area contributed by atoms with Crippen molar-refractivity contribution >= 4 is 33.2 Å². The van der Waals surface area contributed by atoms with Gasteiger partial charge in [-0.3, -0.25) is 9.59 Å². The van der Waals surface area contributed by atoms with Crippen LogP contribution in [0, 0.1) is 12.8 Å². The van der Waals surface area contributed by atoms with E-state index in [1.54, 1.807) is 17.0 Å². The minimum absolute atomic E-state index is 0.0931. The van der Waals surface area contributed by atoms with Gasteiger partial charge in [-0.15, -0.1) is 0 Å². The Labute approximate surface area is 183 Å². The number of nitrogens with one attached hydrogen (secondary N) is 1. The molecule has 2 aliphatic heterocycles. The fraction of sp³-hybridized carbons (Fsp3) is 0.391. The van der Waals surface area contributed by atoms with Crippen molar-refractivity contribution in [3.63, 3.8) is 0 Å². The van der Waals surface area contributed by atoms with Gasteiger partial charge in [0.15, 0.2) is 0 Å². The number of nitrogens with zero attached hydrogens (tertiary/aromatic N) is 2. The third-order valence-corrected chi connectivity index (χ3v) is 7.88. The van der Waals surface area contributed by atoms with E-state index < -0.39 is 15.9 Å². The van der Waals surface area contributed by atoms with Crippen LogP contribution in [-0.4, -0.2) is 44.2 Å². The SMILES string of the molecule is Cc1ccc(S(=O)(=O)N2CCCCC2)cc1NC(=O)C1CC(=O)N(c2ccccc2)C1. The van der Waals surface area contributed by atoms with Crippen molar-refractivity contribution in [2.24, 2.45) is 5.92 Å². The molecule has 8 heteroatoms. The van der Waals surface area contributed by atoms with Gasteiger partial charge < -0.3 is 10.2 Å². The molecule has 2 fully saturated rings. The van der Waals surface area contributed by atoms with Gasteiger partial charge in [-0.05, 0) is 49.6 Å². The van der Waals surface area contributed by atoms with Crippen LogP contribution in [0.2, 0.25) is 0 Å². The number of amides is 2. The number of anilines is 2. The van der Waals surface area contributed by atoms with Gasteiger partial charge in [-0.1, -0.05) is 30.7 Å². The largest absolute Gasteiger partial charge is 0.325 e. The van der Waals surface area contributed by atoms with Crippen LogP contribution in [-0.2, 0) is 19.6 Å². The second-order valence-corrected chi connectivity index (χ2v) is 10.1. The lowest BCUT2D eigenvalue weighted by molar-refractivity contribution is -0.122. The van der Waals surface area contributed by atoms with Crippen LogP contribution in [0.3, 0.4) is 0 Å². The van der Waals surface area contributed by atoms with Gasteiger partial charge in [0.05, 0.1) is 10.8 Å². The zero-order chi connectivity index (χ0) is 22.0. The molecule has 0 radical (unpaired) electrons. The number of benzene rings is 2. The van der Waals surface area contributed by atoms with E-state index in [0.29, 0.717) is 25.3 Å². The Morgan fingerprint density at radius 2 is 1.74 bits per heavy atom. The second kappa shape index (κ2) is 8.80. The summed E-state index contributed by atoms with van der Waals surface area (Å²) in [5, 5.41) is 2.86.